The molecule has 0 spiro atoms. The topological polar surface area (TPSA) is 69.7 Å². The Bertz CT molecular complexity index is 1140. The van der Waals surface area contributed by atoms with Gasteiger partial charge in [0.1, 0.15) is 17.7 Å². The van der Waals surface area contributed by atoms with E-state index in [1.54, 1.807) is 30.3 Å². The summed E-state index contributed by atoms with van der Waals surface area (Å²) in [5.74, 6) is -2.01. The Labute approximate surface area is 183 Å². The van der Waals surface area contributed by atoms with E-state index in [1.165, 1.54) is 41.3 Å². The molecule has 8 heteroatoms. The Hall–Kier alpha value is -4.07. The van der Waals surface area contributed by atoms with Crippen molar-refractivity contribution < 1.29 is 23.2 Å². The number of benzene rings is 3. The van der Waals surface area contributed by atoms with E-state index in [2.05, 4.69) is 5.32 Å². The van der Waals surface area contributed by atoms with Gasteiger partial charge >= 0.3 is 6.03 Å². The summed E-state index contributed by atoms with van der Waals surface area (Å²) in [6.45, 7) is -0.0140. The third-order valence-electron chi connectivity index (χ3n) is 5.14. The Kier molecular flexibility index (Phi) is 5.93. The predicted molar refractivity (Wildman–Crippen MR) is 115 cm³/mol. The molecule has 0 bridgehead atoms. The van der Waals surface area contributed by atoms with Crippen LogP contribution in [0.3, 0.4) is 0 Å². The number of carbonyl (C=O) groups excluding carboxylic acids is 3. The van der Waals surface area contributed by atoms with Crippen molar-refractivity contribution in [1.82, 2.24) is 4.90 Å². The number of imide groups is 1. The van der Waals surface area contributed by atoms with Crippen LogP contribution in [0, 0.1) is 11.6 Å². The van der Waals surface area contributed by atoms with Crippen LogP contribution in [-0.4, -0.2) is 28.8 Å². The minimum Gasteiger partial charge on any atom is -0.308 e. The molecule has 0 saturated carbocycles. The molecule has 4 rings (SSSR count). The number of hydrogen-bond acceptors (Lipinski definition) is 3. The fourth-order valence-electron chi connectivity index (χ4n) is 3.55. The first-order valence-electron chi connectivity index (χ1n) is 9.92. The lowest BCUT2D eigenvalue weighted by Crippen LogP contribution is -2.46. The minimum atomic E-state index is -1.07. The zero-order valence-corrected chi connectivity index (χ0v) is 16.9. The number of urea groups is 1. The number of anilines is 2. The fourth-order valence-corrected chi connectivity index (χ4v) is 3.55. The molecule has 0 radical (unpaired) electrons. The van der Waals surface area contributed by atoms with Gasteiger partial charge in [0.25, 0.3) is 5.91 Å². The van der Waals surface area contributed by atoms with Crippen molar-refractivity contribution in [2.24, 2.45) is 0 Å². The summed E-state index contributed by atoms with van der Waals surface area (Å²) in [5, 5.41) is 2.73. The summed E-state index contributed by atoms with van der Waals surface area (Å²) in [6.07, 6.45) is -0.223. The van der Waals surface area contributed by atoms with Gasteiger partial charge in [0.2, 0.25) is 5.91 Å². The van der Waals surface area contributed by atoms with Crippen LogP contribution in [0.25, 0.3) is 0 Å². The molecule has 32 heavy (non-hydrogen) atoms. The molecule has 1 atom stereocenters. The van der Waals surface area contributed by atoms with Crippen LogP contribution in [0.5, 0.6) is 0 Å². The molecule has 1 N–H and O–H groups in total. The monoisotopic (exact) mass is 435 g/mol. The van der Waals surface area contributed by atoms with Crippen molar-refractivity contribution in [2.75, 3.05) is 10.2 Å². The Morgan fingerprint density at radius 2 is 1.50 bits per heavy atom. The van der Waals surface area contributed by atoms with Gasteiger partial charge in [0.05, 0.1) is 12.1 Å². The molecule has 0 aliphatic carbocycles. The molecule has 4 amide bonds. The van der Waals surface area contributed by atoms with Crippen molar-refractivity contribution in [3.8, 4) is 0 Å². The first-order valence-corrected chi connectivity index (χ1v) is 9.92. The number of hydrogen-bond donors (Lipinski definition) is 1. The van der Waals surface area contributed by atoms with Gasteiger partial charge in [-0.25, -0.2) is 18.5 Å². The number of rotatable bonds is 5. The number of carbonyl (C=O) groups is 3. The molecule has 0 unspecified atom stereocenters. The lowest BCUT2D eigenvalue weighted by atomic mass is 10.1. The van der Waals surface area contributed by atoms with E-state index < -0.39 is 35.5 Å². The number of para-hydroxylation sites is 1. The molecule has 162 valence electrons. The molecule has 3 aromatic carbocycles. The van der Waals surface area contributed by atoms with Crippen LogP contribution >= 0.6 is 0 Å². The van der Waals surface area contributed by atoms with Crippen LogP contribution in [0.15, 0.2) is 78.9 Å². The summed E-state index contributed by atoms with van der Waals surface area (Å²) < 4.78 is 26.6. The first kappa shape index (κ1) is 21.2. The van der Waals surface area contributed by atoms with Crippen LogP contribution in [0.2, 0.25) is 0 Å². The number of nitrogens with zero attached hydrogens (tertiary/aromatic N) is 2. The normalized spacial score (nSPS) is 15.7. The smallest absolute Gasteiger partial charge is 0.308 e. The number of amides is 4. The Morgan fingerprint density at radius 3 is 2.12 bits per heavy atom. The lowest BCUT2D eigenvalue weighted by molar-refractivity contribution is -0.122. The molecular weight excluding hydrogens is 416 g/mol. The van der Waals surface area contributed by atoms with E-state index in [4.69, 9.17) is 0 Å². The summed E-state index contributed by atoms with van der Waals surface area (Å²) >= 11 is 0. The number of nitrogens with one attached hydrogen (secondary N) is 1. The van der Waals surface area contributed by atoms with Crippen LogP contribution in [0.4, 0.5) is 25.0 Å². The standard InChI is InChI=1S/C24H19F2N3O3/c25-17-8-6-16(7-9-17)15-28(24(32)27-19-4-2-1-3-5-19)21-14-22(30)29(23(21)31)20-12-10-18(26)11-13-20/h1-13,21H,14-15H2,(H,27,32)/t21-/m1/s1. The Balaban J connectivity index is 1.63. The van der Waals surface area contributed by atoms with Crippen molar-refractivity contribution in [1.29, 1.82) is 0 Å². The molecule has 6 nitrogen and oxygen atoms in total. The highest BCUT2D eigenvalue weighted by Gasteiger charge is 2.44. The van der Waals surface area contributed by atoms with Gasteiger partial charge in [-0.05, 0) is 54.1 Å². The van der Waals surface area contributed by atoms with E-state index in [-0.39, 0.29) is 18.7 Å². The van der Waals surface area contributed by atoms with Gasteiger partial charge in [-0.15, -0.1) is 0 Å². The van der Waals surface area contributed by atoms with E-state index in [0.717, 1.165) is 17.0 Å². The summed E-state index contributed by atoms with van der Waals surface area (Å²) in [5.41, 5.74) is 1.35. The molecule has 1 aliphatic heterocycles. The zero-order valence-electron chi connectivity index (χ0n) is 16.9. The summed E-state index contributed by atoms with van der Waals surface area (Å²) in [7, 11) is 0. The molecule has 3 aromatic rings. The second kappa shape index (κ2) is 8.97. The van der Waals surface area contributed by atoms with Crippen molar-refractivity contribution in [3.63, 3.8) is 0 Å². The van der Waals surface area contributed by atoms with Gasteiger partial charge < -0.3 is 10.2 Å². The van der Waals surface area contributed by atoms with Crippen LogP contribution < -0.4 is 10.2 Å². The van der Waals surface area contributed by atoms with E-state index in [9.17, 15) is 23.2 Å². The third kappa shape index (κ3) is 4.49. The van der Waals surface area contributed by atoms with E-state index in [1.807, 2.05) is 0 Å². The van der Waals surface area contributed by atoms with Crippen LogP contribution in [0.1, 0.15) is 12.0 Å². The second-order valence-corrected chi connectivity index (χ2v) is 7.31. The highest BCUT2D eigenvalue weighted by atomic mass is 19.1. The zero-order chi connectivity index (χ0) is 22.7. The highest BCUT2D eigenvalue weighted by molar-refractivity contribution is 6.23. The number of halogens is 2. The average Bonchev–Trinajstić information content (AvgIpc) is 3.08. The van der Waals surface area contributed by atoms with Gasteiger partial charge in [-0.2, -0.15) is 0 Å². The highest BCUT2D eigenvalue weighted by Crippen LogP contribution is 2.27. The molecular formula is C24H19F2N3O3. The second-order valence-electron chi connectivity index (χ2n) is 7.31. The molecule has 0 aromatic heterocycles. The fraction of sp³-hybridized carbons (Fsp3) is 0.125. The maximum Gasteiger partial charge on any atom is 0.322 e. The maximum absolute atomic E-state index is 13.3. The van der Waals surface area contributed by atoms with Gasteiger partial charge in [-0.1, -0.05) is 30.3 Å². The SMILES string of the molecule is O=C1C[C@@H](N(Cc2ccc(F)cc2)C(=O)Nc2ccccc2)C(=O)N1c1ccc(F)cc1. The van der Waals surface area contributed by atoms with Crippen molar-refractivity contribution in [2.45, 2.75) is 19.0 Å². The quantitative estimate of drug-likeness (QED) is 0.607. The Morgan fingerprint density at radius 1 is 0.906 bits per heavy atom. The van der Waals surface area contributed by atoms with Gasteiger partial charge in [0, 0.05) is 12.2 Å². The summed E-state index contributed by atoms with van der Waals surface area (Å²) in [6, 6.07) is 17.6. The van der Waals surface area contributed by atoms with Gasteiger partial charge in [0.15, 0.2) is 0 Å². The van der Waals surface area contributed by atoms with Crippen molar-refractivity contribution >= 4 is 29.2 Å². The largest absolute Gasteiger partial charge is 0.322 e. The molecule has 1 aliphatic rings. The maximum atomic E-state index is 13.3. The molecule has 1 saturated heterocycles. The van der Waals surface area contributed by atoms with E-state index >= 15 is 0 Å². The lowest BCUT2D eigenvalue weighted by Gasteiger charge is -2.28. The van der Waals surface area contributed by atoms with E-state index in [0.29, 0.717) is 11.3 Å². The molecule has 1 fully saturated rings. The summed E-state index contributed by atoms with van der Waals surface area (Å²) in [4.78, 5) is 41.2. The molecule has 1 heterocycles. The predicted octanol–water partition coefficient (Wildman–Crippen LogP) is 4.33. The van der Waals surface area contributed by atoms with Gasteiger partial charge in [-0.3, -0.25) is 9.59 Å². The van der Waals surface area contributed by atoms with Crippen LogP contribution in [-0.2, 0) is 16.1 Å². The minimum absolute atomic E-state index is 0.0140. The average molecular weight is 435 g/mol. The first-order chi connectivity index (χ1) is 15.4. The third-order valence-corrected chi connectivity index (χ3v) is 5.14. The van der Waals surface area contributed by atoms with Crippen molar-refractivity contribution in [3.05, 3.63) is 96.1 Å².